The molecule has 0 aliphatic carbocycles. The lowest BCUT2D eigenvalue weighted by molar-refractivity contribution is -0.115. The molecule has 70 valence electrons. The lowest BCUT2D eigenvalue weighted by Gasteiger charge is -2.02. The standard InChI is InChI=1S/C9H13N3O/c1-3-8-10-5-7(6-11-8)12-9(13)4-2/h5-6H,3-4H2,1-2H3,(H,12,13). The Kier molecular flexibility index (Phi) is 3.37. The maximum atomic E-state index is 11.0. The molecular weight excluding hydrogens is 166 g/mol. The summed E-state index contributed by atoms with van der Waals surface area (Å²) in [5.74, 6) is 0.766. The quantitative estimate of drug-likeness (QED) is 0.762. The Labute approximate surface area is 77.4 Å². The molecule has 13 heavy (non-hydrogen) atoms. The summed E-state index contributed by atoms with van der Waals surface area (Å²) in [5.41, 5.74) is 0.657. The van der Waals surface area contributed by atoms with Crippen LogP contribution in [0.15, 0.2) is 12.4 Å². The number of carbonyl (C=O) groups is 1. The Morgan fingerprint density at radius 2 is 2.00 bits per heavy atom. The monoisotopic (exact) mass is 179 g/mol. The van der Waals surface area contributed by atoms with Crippen LogP contribution in [0, 0.1) is 0 Å². The summed E-state index contributed by atoms with van der Waals surface area (Å²) in [6.45, 7) is 3.79. The first-order valence-corrected chi connectivity index (χ1v) is 4.37. The third kappa shape index (κ3) is 2.82. The lowest BCUT2D eigenvalue weighted by atomic mass is 10.4. The Balaban J connectivity index is 2.64. The van der Waals surface area contributed by atoms with Crippen LogP contribution < -0.4 is 5.32 Å². The van der Waals surface area contributed by atoms with Crippen molar-refractivity contribution >= 4 is 11.6 Å². The molecule has 4 nitrogen and oxygen atoms in total. The molecule has 0 radical (unpaired) electrons. The van der Waals surface area contributed by atoms with Gasteiger partial charge in [-0.2, -0.15) is 0 Å². The number of hydrogen-bond acceptors (Lipinski definition) is 3. The average Bonchev–Trinajstić information content (AvgIpc) is 2.19. The first-order chi connectivity index (χ1) is 6.26. The molecule has 0 atom stereocenters. The molecule has 1 aromatic rings. The van der Waals surface area contributed by atoms with Gasteiger partial charge in [-0.05, 0) is 0 Å². The second-order valence-corrected chi connectivity index (χ2v) is 2.64. The van der Waals surface area contributed by atoms with Gasteiger partial charge in [-0.25, -0.2) is 9.97 Å². The molecule has 0 fully saturated rings. The van der Waals surface area contributed by atoms with Crippen LogP contribution >= 0.6 is 0 Å². The molecule has 0 saturated heterocycles. The smallest absolute Gasteiger partial charge is 0.224 e. The van der Waals surface area contributed by atoms with Gasteiger partial charge < -0.3 is 5.32 Å². The number of hydrogen-bond donors (Lipinski definition) is 1. The van der Waals surface area contributed by atoms with Crippen LogP contribution in [0.5, 0.6) is 0 Å². The number of carbonyl (C=O) groups excluding carboxylic acids is 1. The summed E-state index contributed by atoms with van der Waals surface area (Å²) in [7, 11) is 0. The maximum absolute atomic E-state index is 11.0. The zero-order valence-electron chi connectivity index (χ0n) is 7.87. The summed E-state index contributed by atoms with van der Waals surface area (Å²) >= 11 is 0. The predicted octanol–water partition coefficient (Wildman–Crippen LogP) is 1.39. The normalized spacial score (nSPS) is 9.69. The van der Waals surface area contributed by atoms with E-state index in [4.69, 9.17) is 0 Å². The van der Waals surface area contributed by atoms with Crippen molar-refractivity contribution in [1.29, 1.82) is 0 Å². The van der Waals surface area contributed by atoms with Gasteiger partial charge in [0.2, 0.25) is 5.91 Å². The van der Waals surface area contributed by atoms with Crippen molar-refractivity contribution in [2.45, 2.75) is 26.7 Å². The van der Waals surface area contributed by atoms with Gasteiger partial charge in [0.05, 0.1) is 18.1 Å². The Bertz CT molecular complexity index is 281. The highest BCUT2D eigenvalue weighted by atomic mass is 16.1. The molecule has 1 heterocycles. The van der Waals surface area contributed by atoms with Gasteiger partial charge in [-0.1, -0.05) is 13.8 Å². The maximum Gasteiger partial charge on any atom is 0.224 e. The zero-order valence-corrected chi connectivity index (χ0v) is 7.87. The molecule has 0 spiro atoms. The van der Waals surface area contributed by atoms with E-state index < -0.39 is 0 Å². The summed E-state index contributed by atoms with van der Waals surface area (Å²) in [6.07, 6.45) is 4.52. The van der Waals surface area contributed by atoms with Crippen LogP contribution in [0.1, 0.15) is 26.1 Å². The number of aryl methyl sites for hydroxylation is 1. The summed E-state index contributed by atoms with van der Waals surface area (Å²) < 4.78 is 0. The van der Waals surface area contributed by atoms with Gasteiger partial charge >= 0.3 is 0 Å². The Morgan fingerprint density at radius 1 is 1.38 bits per heavy atom. The zero-order chi connectivity index (χ0) is 9.68. The minimum Gasteiger partial charge on any atom is -0.323 e. The number of aromatic nitrogens is 2. The third-order valence-electron chi connectivity index (χ3n) is 1.63. The van der Waals surface area contributed by atoms with Gasteiger partial charge in [0, 0.05) is 12.8 Å². The lowest BCUT2D eigenvalue weighted by Crippen LogP contribution is -2.10. The highest BCUT2D eigenvalue weighted by molar-refractivity contribution is 5.90. The van der Waals surface area contributed by atoms with Crippen molar-refractivity contribution in [3.63, 3.8) is 0 Å². The van der Waals surface area contributed by atoms with Crippen molar-refractivity contribution in [2.75, 3.05) is 5.32 Å². The average molecular weight is 179 g/mol. The Hall–Kier alpha value is -1.45. The molecule has 1 aromatic heterocycles. The van der Waals surface area contributed by atoms with Gasteiger partial charge in [0.15, 0.2) is 0 Å². The number of rotatable bonds is 3. The fraction of sp³-hybridized carbons (Fsp3) is 0.444. The molecule has 0 aromatic carbocycles. The van der Waals surface area contributed by atoms with E-state index >= 15 is 0 Å². The van der Waals surface area contributed by atoms with E-state index in [0.29, 0.717) is 12.1 Å². The van der Waals surface area contributed by atoms with Crippen molar-refractivity contribution in [1.82, 2.24) is 9.97 Å². The minimum atomic E-state index is -0.0205. The largest absolute Gasteiger partial charge is 0.323 e. The first-order valence-electron chi connectivity index (χ1n) is 4.37. The predicted molar refractivity (Wildman–Crippen MR) is 50.3 cm³/mol. The van der Waals surface area contributed by atoms with Gasteiger partial charge in [-0.3, -0.25) is 4.79 Å². The fourth-order valence-electron chi connectivity index (χ4n) is 0.851. The molecule has 1 amide bonds. The van der Waals surface area contributed by atoms with Crippen LogP contribution in [-0.2, 0) is 11.2 Å². The number of anilines is 1. The van der Waals surface area contributed by atoms with Crippen LogP contribution in [-0.4, -0.2) is 15.9 Å². The summed E-state index contributed by atoms with van der Waals surface area (Å²) in [5, 5.41) is 2.68. The number of nitrogens with one attached hydrogen (secondary N) is 1. The SMILES string of the molecule is CCC(=O)Nc1cnc(CC)nc1. The van der Waals surface area contributed by atoms with Crippen LogP contribution in [0.4, 0.5) is 5.69 Å². The fourth-order valence-corrected chi connectivity index (χ4v) is 0.851. The molecule has 0 bridgehead atoms. The number of amides is 1. The second-order valence-electron chi connectivity index (χ2n) is 2.64. The molecule has 0 saturated carbocycles. The van der Waals surface area contributed by atoms with Crippen molar-refractivity contribution in [2.24, 2.45) is 0 Å². The first kappa shape index (κ1) is 9.64. The van der Waals surface area contributed by atoms with E-state index in [2.05, 4.69) is 15.3 Å². The van der Waals surface area contributed by atoms with Crippen LogP contribution in [0.25, 0.3) is 0 Å². The van der Waals surface area contributed by atoms with Crippen molar-refractivity contribution in [3.05, 3.63) is 18.2 Å². The van der Waals surface area contributed by atoms with E-state index in [1.165, 1.54) is 0 Å². The van der Waals surface area contributed by atoms with Gasteiger partial charge in [0.1, 0.15) is 5.82 Å². The van der Waals surface area contributed by atoms with Gasteiger partial charge in [-0.15, -0.1) is 0 Å². The number of nitrogens with zero attached hydrogens (tertiary/aromatic N) is 2. The summed E-state index contributed by atoms with van der Waals surface area (Å²) in [4.78, 5) is 19.1. The van der Waals surface area contributed by atoms with Crippen molar-refractivity contribution in [3.8, 4) is 0 Å². The molecule has 0 unspecified atom stereocenters. The van der Waals surface area contributed by atoms with E-state index in [-0.39, 0.29) is 5.91 Å². The van der Waals surface area contributed by atoms with E-state index in [0.717, 1.165) is 12.2 Å². The second kappa shape index (κ2) is 4.54. The third-order valence-corrected chi connectivity index (χ3v) is 1.63. The van der Waals surface area contributed by atoms with Crippen molar-refractivity contribution < 1.29 is 4.79 Å². The Morgan fingerprint density at radius 3 is 2.46 bits per heavy atom. The molecule has 4 heteroatoms. The molecule has 0 aliphatic heterocycles. The summed E-state index contributed by atoms with van der Waals surface area (Å²) in [6, 6.07) is 0. The van der Waals surface area contributed by atoms with E-state index in [9.17, 15) is 4.79 Å². The molecule has 0 aliphatic rings. The minimum absolute atomic E-state index is 0.0205. The molecule has 1 rings (SSSR count). The molecule has 1 N–H and O–H groups in total. The van der Waals surface area contributed by atoms with E-state index in [1.807, 2.05) is 6.92 Å². The highest BCUT2D eigenvalue weighted by Crippen LogP contribution is 2.03. The topological polar surface area (TPSA) is 54.9 Å². The van der Waals surface area contributed by atoms with Gasteiger partial charge in [0.25, 0.3) is 0 Å². The van der Waals surface area contributed by atoms with Crippen LogP contribution in [0.2, 0.25) is 0 Å². The highest BCUT2D eigenvalue weighted by Gasteiger charge is 1.99. The molecular formula is C9H13N3O. The van der Waals surface area contributed by atoms with Crippen LogP contribution in [0.3, 0.4) is 0 Å². The van der Waals surface area contributed by atoms with E-state index in [1.54, 1.807) is 19.3 Å².